The van der Waals surface area contributed by atoms with Gasteiger partial charge in [0.1, 0.15) is 5.82 Å². The summed E-state index contributed by atoms with van der Waals surface area (Å²) >= 11 is 0. The monoisotopic (exact) mass is 315 g/mol. The minimum Gasteiger partial charge on any atom is -0.396 e. The molecular formula is C18H18FNO3. The SMILES string of the molecule is CC(CO)CNC(=O)c1ccccc1C(=O)c1ccc(F)cc1. The van der Waals surface area contributed by atoms with Crippen molar-refractivity contribution in [2.24, 2.45) is 5.92 Å². The van der Waals surface area contributed by atoms with Gasteiger partial charge in [-0.15, -0.1) is 0 Å². The molecule has 2 aromatic carbocycles. The highest BCUT2D eigenvalue weighted by atomic mass is 19.1. The molecule has 0 aliphatic heterocycles. The first-order chi connectivity index (χ1) is 11.0. The summed E-state index contributed by atoms with van der Waals surface area (Å²) < 4.78 is 13.0. The molecule has 1 unspecified atom stereocenters. The zero-order valence-corrected chi connectivity index (χ0v) is 12.8. The molecule has 2 N–H and O–H groups in total. The van der Waals surface area contributed by atoms with Crippen LogP contribution in [-0.4, -0.2) is 29.9 Å². The van der Waals surface area contributed by atoms with E-state index in [9.17, 15) is 14.0 Å². The molecule has 0 heterocycles. The first-order valence-electron chi connectivity index (χ1n) is 7.31. The van der Waals surface area contributed by atoms with Crippen molar-refractivity contribution in [3.63, 3.8) is 0 Å². The Morgan fingerprint density at radius 2 is 1.70 bits per heavy atom. The van der Waals surface area contributed by atoms with Gasteiger partial charge in [0.15, 0.2) is 5.78 Å². The molecular weight excluding hydrogens is 297 g/mol. The highest BCUT2D eigenvalue weighted by molar-refractivity contribution is 6.15. The number of amides is 1. The number of aliphatic hydroxyl groups excluding tert-OH is 1. The van der Waals surface area contributed by atoms with Crippen LogP contribution in [0.25, 0.3) is 0 Å². The Kier molecular flexibility index (Phi) is 5.60. The molecule has 120 valence electrons. The number of nitrogens with one attached hydrogen (secondary N) is 1. The van der Waals surface area contributed by atoms with Crippen molar-refractivity contribution in [1.29, 1.82) is 0 Å². The predicted octanol–water partition coefficient (Wildman–Crippen LogP) is 2.41. The predicted molar refractivity (Wildman–Crippen MR) is 84.9 cm³/mol. The third-order valence-corrected chi connectivity index (χ3v) is 3.45. The molecule has 23 heavy (non-hydrogen) atoms. The fraction of sp³-hybridized carbons (Fsp3) is 0.222. The van der Waals surface area contributed by atoms with E-state index < -0.39 is 5.82 Å². The van der Waals surface area contributed by atoms with Gasteiger partial charge in [-0.3, -0.25) is 9.59 Å². The summed E-state index contributed by atoms with van der Waals surface area (Å²) in [6, 6.07) is 11.7. The highest BCUT2D eigenvalue weighted by Gasteiger charge is 2.18. The lowest BCUT2D eigenvalue weighted by atomic mass is 9.98. The summed E-state index contributed by atoms with van der Waals surface area (Å²) in [5.41, 5.74) is 0.829. The summed E-state index contributed by atoms with van der Waals surface area (Å²) in [6.45, 7) is 2.08. The summed E-state index contributed by atoms with van der Waals surface area (Å²) in [6.07, 6.45) is 0. The van der Waals surface area contributed by atoms with Crippen molar-refractivity contribution >= 4 is 11.7 Å². The fourth-order valence-corrected chi connectivity index (χ4v) is 2.06. The number of carbonyl (C=O) groups is 2. The summed E-state index contributed by atoms with van der Waals surface area (Å²) in [4.78, 5) is 24.8. The molecule has 0 saturated carbocycles. The topological polar surface area (TPSA) is 66.4 Å². The number of carbonyl (C=O) groups excluding carboxylic acids is 2. The summed E-state index contributed by atoms with van der Waals surface area (Å²) in [5.74, 6) is -1.22. The molecule has 0 aliphatic carbocycles. The number of halogens is 1. The van der Waals surface area contributed by atoms with Crippen LogP contribution in [0.1, 0.15) is 33.2 Å². The maximum absolute atomic E-state index is 13.0. The molecule has 0 radical (unpaired) electrons. The molecule has 0 bridgehead atoms. The average molecular weight is 315 g/mol. The Labute approximate surface area is 134 Å². The Morgan fingerprint density at radius 1 is 1.09 bits per heavy atom. The van der Waals surface area contributed by atoms with Crippen LogP contribution in [0.3, 0.4) is 0 Å². The van der Waals surface area contributed by atoms with E-state index in [2.05, 4.69) is 5.32 Å². The first-order valence-corrected chi connectivity index (χ1v) is 7.31. The molecule has 0 spiro atoms. The zero-order valence-electron chi connectivity index (χ0n) is 12.8. The Hall–Kier alpha value is -2.53. The quantitative estimate of drug-likeness (QED) is 0.805. The minimum atomic E-state index is -0.425. The molecule has 0 aromatic heterocycles. The smallest absolute Gasteiger partial charge is 0.252 e. The van der Waals surface area contributed by atoms with E-state index in [0.717, 1.165) is 0 Å². The Bertz CT molecular complexity index is 698. The van der Waals surface area contributed by atoms with E-state index in [4.69, 9.17) is 5.11 Å². The van der Waals surface area contributed by atoms with E-state index in [1.54, 1.807) is 31.2 Å². The van der Waals surface area contributed by atoms with Gasteiger partial charge in [0.05, 0.1) is 5.56 Å². The first kappa shape index (κ1) is 16.8. The number of benzene rings is 2. The second-order valence-electron chi connectivity index (χ2n) is 5.38. The van der Waals surface area contributed by atoms with E-state index >= 15 is 0 Å². The maximum Gasteiger partial charge on any atom is 0.252 e. The van der Waals surface area contributed by atoms with E-state index in [-0.39, 0.29) is 35.3 Å². The van der Waals surface area contributed by atoms with Gasteiger partial charge in [0.2, 0.25) is 0 Å². The highest BCUT2D eigenvalue weighted by Crippen LogP contribution is 2.15. The number of rotatable bonds is 6. The standard InChI is InChI=1S/C18H18FNO3/c1-12(11-21)10-20-18(23)16-5-3-2-4-15(16)17(22)13-6-8-14(19)9-7-13/h2-9,12,21H,10-11H2,1H3,(H,20,23). The van der Waals surface area contributed by atoms with Gasteiger partial charge >= 0.3 is 0 Å². The van der Waals surface area contributed by atoms with Crippen LogP contribution in [0.2, 0.25) is 0 Å². The van der Waals surface area contributed by atoms with E-state index in [1.165, 1.54) is 24.3 Å². The minimum absolute atomic E-state index is 0.0313. The number of ketones is 1. The lowest BCUT2D eigenvalue weighted by Gasteiger charge is -2.12. The number of hydrogen-bond acceptors (Lipinski definition) is 3. The molecule has 1 amide bonds. The molecule has 2 rings (SSSR count). The van der Waals surface area contributed by atoms with Crippen molar-refractivity contribution in [2.75, 3.05) is 13.2 Å². The van der Waals surface area contributed by atoms with Crippen LogP contribution in [-0.2, 0) is 0 Å². The van der Waals surface area contributed by atoms with Crippen molar-refractivity contribution in [2.45, 2.75) is 6.92 Å². The summed E-state index contributed by atoms with van der Waals surface area (Å²) in [7, 11) is 0. The Morgan fingerprint density at radius 3 is 2.30 bits per heavy atom. The van der Waals surface area contributed by atoms with Crippen molar-refractivity contribution < 1.29 is 19.1 Å². The van der Waals surface area contributed by atoms with E-state index in [1.807, 2.05) is 0 Å². The van der Waals surface area contributed by atoms with Crippen LogP contribution in [0.4, 0.5) is 4.39 Å². The molecule has 0 aliphatic rings. The van der Waals surface area contributed by atoms with Crippen molar-refractivity contribution in [3.05, 3.63) is 71.0 Å². The van der Waals surface area contributed by atoms with Crippen LogP contribution in [0.15, 0.2) is 48.5 Å². The van der Waals surface area contributed by atoms with Crippen LogP contribution in [0.5, 0.6) is 0 Å². The van der Waals surface area contributed by atoms with Gasteiger partial charge in [-0.1, -0.05) is 25.1 Å². The third-order valence-electron chi connectivity index (χ3n) is 3.45. The second-order valence-corrected chi connectivity index (χ2v) is 5.38. The van der Waals surface area contributed by atoms with Gasteiger partial charge in [-0.05, 0) is 36.2 Å². The summed E-state index contributed by atoms with van der Waals surface area (Å²) in [5, 5.41) is 11.7. The number of hydrogen-bond donors (Lipinski definition) is 2. The second kappa shape index (κ2) is 7.65. The molecule has 1 atom stereocenters. The van der Waals surface area contributed by atoms with Crippen molar-refractivity contribution in [3.8, 4) is 0 Å². The van der Waals surface area contributed by atoms with Crippen LogP contribution in [0, 0.1) is 11.7 Å². The Balaban J connectivity index is 2.24. The normalized spacial score (nSPS) is 11.8. The zero-order chi connectivity index (χ0) is 16.8. The maximum atomic E-state index is 13.0. The van der Waals surface area contributed by atoms with Gasteiger partial charge in [-0.2, -0.15) is 0 Å². The third kappa shape index (κ3) is 4.23. The van der Waals surface area contributed by atoms with E-state index in [0.29, 0.717) is 12.1 Å². The molecule has 2 aromatic rings. The van der Waals surface area contributed by atoms with Crippen LogP contribution >= 0.6 is 0 Å². The lowest BCUT2D eigenvalue weighted by molar-refractivity contribution is 0.0932. The van der Waals surface area contributed by atoms with Crippen molar-refractivity contribution in [1.82, 2.24) is 5.32 Å². The van der Waals surface area contributed by atoms with Gasteiger partial charge in [0, 0.05) is 24.3 Å². The van der Waals surface area contributed by atoms with Gasteiger partial charge in [-0.25, -0.2) is 4.39 Å². The number of aliphatic hydroxyl groups is 1. The molecule has 0 fully saturated rings. The molecule has 5 heteroatoms. The van der Waals surface area contributed by atoms with Gasteiger partial charge in [0.25, 0.3) is 5.91 Å². The largest absolute Gasteiger partial charge is 0.396 e. The van der Waals surface area contributed by atoms with Crippen LogP contribution < -0.4 is 5.32 Å². The molecule has 4 nitrogen and oxygen atoms in total. The average Bonchev–Trinajstić information content (AvgIpc) is 2.59. The fourth-order valence-electron chi connectivity index (χ4n) is 2.06. The molecule has 0 saturated heterocycles. The lowest BCUT2D eigenvalue weighted by Crippen LogP contribution is -2.30. The van der Waals surface area contributed by atoms with Gasteiger partial charge < -0.3 is 10.4 Å².